The molecule has 0 bridgehead atoms. The van der Waals surface area contributed by atoms with Crippen molar-refractivity contribution in [2.24, 2.45) is 0 Å². The van der Waals surface area contributed by atoms with Gasteiger partial charge >= 0.3 is 6.18 Å². The van der Waals surface area contributed by atoms with Crippen molar-refractivity contribution in [2.45, 2.75) is 19.1 Å². The van der Waals surface area contributed by atoms with E-state index in [1.165, 1.54) is 6.07 Å². The van der Waals surface area contributed by atoms with E-state index in [-0.39, 0.29) is 6.61 Å². The number of benzene rings is 1. The van der Waals surface area contributed by atoms with E-state index in [0.29, 0.717) is 18.4 Å². The number of alkyl halides is 3. The van der Waals surface area contributed by atoms with Crippen LogP contribution in [-0.4, -0.2) is 16.3 Å². The molecule has 1 aromatic carbocycles. The minimum atomic E-state index is -4.30. The van der Waals surface area contributed by atoms with Crippen LogP contribution in [0.4, 0.5) is 13.2 Å². The third-order valence-corrected chi connectivity index (χ3v) is 2.66. The summed E-state index contributed by atoms with van der Waals surface area (Å²) in [5, 5.41) is 9.29. The summed E-state index contributed by atoms with van der Waals surface area (Å²) in [4.78, 5) is 0. The molecule has 17 heavy (non-hydrogen) atoms. The van der Waals surface area contributed by atoms with Crippen LogP contribution in [0, 0.1) is 0 Å². The predicted octanol–water partition coefficient (Wildman–Crippen LogP) is 3.04. The van der Waals surface area contributed by atoms with Crippen molar-refractivity contribution in [3.05, 3.63) is 36.0 Å². The highest BCUT2D eigenvalue weighted by atomic mass is 19.4. The summed E-state index contributed by atoms with van der Waals surface area (Å²) in [6.45, 7) is 0.672. The van der Waals surface area contributed by atoms with Crippen LogP contribution < -0.4 is 0 Å². The normalized spacial score (nSPS) is 12.2. The number of rotatable bonds is 3. The van der Waals surface area contributed by atoms with Crippen LogP contribution in [-0.2, 0) is 12.7 Å². The fourth-order valence-corrected chi connectivity index (χ4v) is 1.81. The van der Waals surface area contributed by atoms with Gasteiger partial charge in [0.1, 0.15) is 0 Å². The first-order valence-electron chi connectivity index (χ1n) is 5.29. The lowest BCUT2D eigenvalue weighted by atomic mass is 10.1. The van der Waals surface area contributed by atoms with Crippen LogP contribution in [0.1, 0.15) is 12.0 Å². The Balaban J connectivity index is 2.38. The van der Waals surface area contributed by atoms with Gasteiger partial charge in [0.2, 0.25) is 0 Å². The molecular weight excluding hydrogens is 231 g/mol. The van der Waals surface area contributed by atoms with Gasteiger partial charge in [-0.15, -0.1) is 0 Å². The van der Waals surface area contributed by atoms with Crippen molar-refractivity contribution in [3.63, 3.8) is 0 Å². The first kappa shape index (κ1) is 12.0. The Morgan fingerprint density at radius 2 is 1.94 bits per heavy atom. The van der Waals surface area contributed by atoms with Crippen LogP contribution in [0.2, 0.25) is 0 Å². The molecule has 0 amide bonds. The number of halogens is 3. The zero-order valence-electron chi connectivity index (χ0n) is 9.04. The summed E-state index contributed by atoms with van der Waals surface area (Å²) in [7, 11) is 0. The molecule has 2 nitrogen and oxygen atoms in total. The molecule has 2 rings (SSSR count). The van der Waals surface area contributed by atoms with Crippen molar-refractivity contribution in [1.29, 1.82) is 0 Å². The van der Waals surface area contributed by atoms with Crippen molar-refractivity contribution in [1.82, 2.24) is 4.57 Å². The van der Waals surface area contributed by atoms with E-state index < -0.39 is 11.7 Å². The summed E-state index contributed by atoms with van der Waals surface area (Å²) < 4.78 is 39.3. The third kappa shape index (κ3) is 2.44. The Morgan fingerprint density at radius 1 is 1.18 bits per heavy atom. The SMILES string of the molecule is OCCCn1ccc2cc(C(F)(F)F)ccc21. The second-order valence-electron chi connectivity index (χ2n) is 3.86. The highest BCUT2D eigenvalue weighted by Crippen LogP contribution is 2.31. The number of aryl methyl sites for hydroxylation is 1. The fraction of sp³-hybridized carbons (Fsp3) is 0.333. The van der Waals surface area contributed by atoms with Gasteiger partial charge in [-0.2, -0.15) is 13.2 Å². The van der Waals surface area contributed by atoms with Gasteiger partial charge in [-0.05, 0) is 30.7 Å². The standard InChI is InChI=1S/C12H12F3NO/c13-12(14,15)10-2-3-11-9(8-10)4-6-16(11)5-1-7-17/h2-4,6,8,17H,1,5,7H2. The van der Waals surface area contributed by atoms with Crippen LogP contribution in [0.5, 0.6) is 0 Å². The molecule has 5 heteroatoms. The summed E-state index contributed by atoms with van der Waals surface area (Å²) in [6, 6.07) is 5.35. The lowest BCUT2D eigenvalue weighted by molar-refractivity contribution is -0.137. The molecule has 1 N–H and O–H groups in total. The van der Waals surface area contributed by atoms with Crippen molar-refractivity contribution >= 4 is 10.9 Å². The topological polar surface area (TPSA) is 25.2 Å². The average Bonchev–Trinajstić information content (AvgIpc) is 2.67. The fourth-order valence-electron chi connectivity index (χ4n) is 1.81. The van der Waals surface area contributed by atoms with Gasteiger partial charge in [-0.1, -0.05) is 0 Å². The number of nitrogens with zero attached hydrogens (tertiary/aromatic N) is 1. The zero-order valence-corrected chi connectivity index (χ0v) is 9.04. The van der Waals surface area contributed by atoms with Crippen LogP contribution in [0.25, 0.3) is 10.9 Å². The number of hydrogen-bond acceptors (Lipinski definition) is 1. The second-order valence-corrected chi connectivity index (χ2v) is 3.86. The van der Waals surface area contributed by atoms with Crippen LogP contribution in [0.3, 0.4) is 0 Å². The number of aromatic nitrogens is 1. The van der Waals surface area contributed by atoms with E-state index in [2.05, 4.69) is 0 Å². The molecule has 0 unspecified atom stereocenters. The summed E-state index contributed by atoms with van der Waals surface area (Å²) >= 11 is 0. The molecule has 92 valence electrons. The minimum Gasteiger partial charge on any atom is -0.396 e. The monoisotopic (exact) mass is 243 g/mol. The lowest BCUT2D eigenvalue weighted by Gasteiger charge is -2.08. The molecular formula is C12H12F3NO. The van der Waals surface area contributed by atoms with Gasteiger partial charge in [0.05, 0.1) is 5.56 Å². The number of aliphatic hydroxyl groups is 1. The van der Waals surface area contributed by atoms with Gasteiger partial charge in [-0.3, -0.25) is 0 Å². The average molecular weight is 243 g/mol. The van der Waals surface area contributed by atoms with E-state index >= 15 is 0 Å². The minimum absolute atomic E-state index is 0.0698. The zero-order chi connectivity index (χ0) is 12.5. The third-order valence-electron chi connectivity index (χ3n) is 2.66. The van der Waals surface area contributed by atoms with Gasteiger partial charge in [0.25, 0.3) is 0 Å². The van der Waals surface area contributed by atoms with E-state index in [0.717, 1.165) is 17.6 Å². The van der Waals surface area contributed by atoms with Crippen molar-refractivity contribution in [3.8, 4) is 0 Å². The van der Waals surface area contributed by atoms with E-state index in [9.17, 15) is 13.2 Å². The maximum atomic E-state index is 12.5. The highest BCUT2D eigenvalue weighted by molar-refractivity contribution is 5.81. The van der Waals surface area contributed by atoms with Crippen molar-refractivity contribution in [2.75, 3.05) is 6.61 Å². The summed E-state index contributed by atoms with van der Waals surface area (Å²) in [6.07, 6.45) is -1.98. The Bertz CT molecular complexity index is 516. The van der Waals surface area contributed by atoms with Gasteiger partial charge < -0.3 is 9.67 Å². The Labute approximate surface area is 96.3 Å². The highest BCUT2D eigenvalue weighted by Gasteiger charge is 2.30. The van der Waals surface area contributed by atoms with Crippen LogP contribution in [0.15, 0.2) is 30.5 Å². The Hall–Kier alpha value is -1.49. The maximum absolute atomic E-state index is 12.5. The van der Waals surface area contributed by atoms with Gasteiger partial charge in [-0.25, -0.2) is 0 Å². The van der Waals surface area contributed by atoms with Gasteiger partial charge in [0, 0.05) is 30.3 Å². The molecule has 0 fully saturated rings. The second kappa shape index (κ2) is 4.41. The summed E-state index contributed by atoms with van der Waals surface area (Å²) in [5.41, 5.74) is 0.122. The van der Waals surface area contributed by atoms with E-state index in [1.54, 1.807) is 12.3 Å². The smallest absolute Gasteiger partial charge is 0.396 e. The van der Waals surface area contributed by atoms with Crippen molar-refractivity contribution < 1.29 is 18.3 Å². The van der Waals surface area contributed by atoms with E-state index in [1.807, 2.05) is 4.57 Å². The molecule has 1 aromatic heterocycles. The molecule has 0 aliphatic rings. The Kier molecular flexibility index (Phi) is 3.11. The lowest BCUT2D eigenvalue weighted by Crippen LogP contribution is -2.04. The molecule has 0 radical (unpaired) electrons. The first-order chi connectivity index (χ1) is 8.02. The molecule has 0 saturated carbocycles. The largest absolute Gasteiger partial charge is 0.416 e. The molecule has 0 aliphatic carbocycles. The number of fused-ring (bicyclic) bond motifs is 1. The molecule has 0 saturated heterocycles. The predicted molar refractivity (Wildman–Crippen MR) is 58.6 cm³/mol. The molecule has 0 aliphatic heterocycles. The Morgan fingerprint density at radius 3 is 2.59 bits per heavy atom. The van der Waals surface area contributed by atoms with Gasteiger partial charge in [0.15, 0.2) is 0 Å². The number of hydrogen-bond donors (Lipinski definition) is 1. The van der Waals surface area contributed by atoms with E-state index in [4.69, 9.17) is 5.11 Å². The summed E-state index contributed by atoms with van der Waals surface area (Å²) in [5.74, 6) is 0. The van der Waals surface area contributed by atoms with Crippen LogP contribution >= 0.6 is 0 Å². The molecule has 2 aromatic rings. The molecule has 0 atom stereocenters. The molecule has 1 heterocycles. The first-order valence-corrected chi connectivity index (χ1v) is 5.29. The quantitative estimate of drug-likeness (QED) is 0.880. The maximum Gasteiger partial charge on any atom is 0.416 e. The molecule has 0 spiro atoms. The number of aliphatic hydroxyl groups excluding tert-OH is 1.